The highest BCUT2D eigenvalue weighted by atomic mass is 16.5. The minimum atomic E-state index is -1.17. The first-order valence-corrected chi connectivity index (χ1v) is 10.1. The number of carbonyl (C=O) groups excluding carboxylic acids is 2. The lowest BCUT2D eigenvalue weighted by molar-refractivity contribution is 0.0694. The summed E-state index contributed by atoms with van der Waals surface area (Å²) < 4.78 is 5.24. The number of methoxy groups -OCH3 is 1. The smallest absolute Gasteiger partial charge is 0.179 e. The van der Waals surface area contributed by atoms with Crippen LogP contribution in [0.2, 0.25) is 0 Å². The number of benzene rings is 1. The SMILES string of the molecule is CO.CO.COc1cccc2c1C(=O)C1C(O)=C3CCC(C(=N)CO)CC3=C(O)C1C2=O. The van der Waals surface area contributed by atoms with Crippen molar-refractivity contribution in [3.05, 3.63) is 52.0 Å². The maximum absolute atomic E-state index is 13.2. The van der Waals surface area contributed by atoms with Crippen molar-refractivity contribution in [3.8, 4) is 5.75 Å². The zero-order valence-corrected chi connectivity index (χ0v) is 18.3. The van der Waals surface area contributed by atoms with Crippen molar-refractivity contribution in [1.29, 1.82) is 5.41 Å². The van der Waals surface area contributed by atoms with Gasteiger partial charge in [0, 0.05) is 31.4 Å². The van der Waals surface area contributed by atoms with Crippen LogP contribution in [0.25, 0.3) is 0 Å². The molecular formula is C23H29NO8. The number of ketones is 2. The third-order valence-electron chi connectivity index (χ3n) is 6.08. The number of Topliss-reactive ketones (excluding diaryl/α,β-unsaturated/α-hetero) is 2. The number of hydrogen-bond donors (Lipinski definition) is 6. The van der Waals surface area contributed by atoms with Gasteiger partial charge in [-0.15, -0.1) is 0 Å². The lowest BCUT2D eigenvalue weighted by atomic mass is 9.64. The molecule has 0 amide bonds. The normalized spacial score (nSPS) is 23.6. The van der Waals surface area contributed by atoms with E-state index in [-0.39, 0.29) is 53.1 Å². The molecule has 0 saturated heterocycles. The maximum Gasteiger partial charge on any atom is 0.179 e. The molecule has 174 valence electrons. The molecule has 1 fully saturated rings. The average molecular weight is 447 g/mol. The second kappa shape index (κ2) is 10.5. The standard InChI is InChI=1S/C21H21NO6.2CH4O/c1-28-14-4-2-3-11-15(14)21(27)17-16(19(11)25)20(26)12-7-9(13(22)8-23)5-6-10(12)18(17)24;2*1-2/h2-4,9,16-17,22-24,26H,5-8H2,1H3;2*2H,1H3. The van der Waals surface area contributed by atoms with Crippen LogP contribution in [0, 0.1) is 23.2 Å². The number of rotatable bonds is 3. The van der Waals surface area contributed by atoms with Gasteiger partial charge >= 0.3 is 0 Å². The number of ether oxygens (including phenoxy) is 1. The predicted octanol–water partition coefficient (Wildman–Crippen LogP) is 1.97. The number of fused-ring (bicyclic) bond motifs is 3. The second-order valence-corrected chi connectivity index (χ2v) is 7.42. The van der Waals surface area contributed by atoms with Crippen LogP contribution in [0.3, 0.4) is 0 Å². The number of aliphatic hydroxyl groups excluding tert-OH is 5. The van der Waals surface area contributed by atoms with Gasteiger partial charge in [-0.2, -0.15) is 0 Å². The van der Waals surface area contributed by atoms with E-state index >= 15 is 0 Å². The van der Waals surface area contributed by atoms with Crippen molar-refractivity contribution in [1.82, 2.24) is 0 Å². The molecule has 6 N–H and O–H groups in total. The van der Waals surface area contributed by atoms with Crippen molar-refractivity contribution in [3.63, 3.8) is 0 Å². The van der Waals surface area contributed by atoms with Crippen LogP contribution in [0.5, 0.6) is 5.75 Å². The van der Waals surface area contributed by atoms with Crippen molar-refractivity contribution >= 4 is 17.3 Å². The number of nitrogens with one attached hydrogen (secondary N) is 1. The first-order chi connectivity index (χ1) is 15.4. The Morgan fingerprint density at radius 1 is 1.03 bits per heavy atom. The van der Waals surface area contributed by atoms with Crippen LogP contribution in [-0.2, 0) is 0 Å². The Balaban J connectivity index is 0.000000860. The Hall–Kier alpha value is -3.01. The highest BCUT2D eigenvalue weighted by molar-refractivity contribution is 6.19. The monoisotopic (exact) mass is 447 g/mol. The quantitative estimate of drug-likeness (QED) is 0.382. The molecule has 0 spiro atoms. The fraction of sp³-hybridized carbons (Fsp3) is 0.435. The van der Waals surface area contributed by atoms with E-state index in [1.54, 1.807) is 12.1 Å². The van der Waals surface area contributed by atoms with Crippen LogP contribution < -0.4 is 4.74 Å². The van der Waals surface area contributed by atoms with Gasteiger partial charge in [-0.1, -0.05) is 12.1 Å². The van der Waals surface area contributed by atoms with Gasteiger partial charge in [0.05, 0.1) is 31.1 Å². The summed E-state index contributed by atoms with van der Waals surface area (Å²) in [6.07, 6.45) is 1.14. The summed E-state index contributed by atoms with van der Waals surface area (Å²) >= 11 is 0. The highest BCUT2D eigenvalue weighted by Crippen LogP contribution is 2.49. The molecule has 0 heterocycles. The minimum Gasteiger partial charge on any atom is -0.511 e. The van der Waals surface area contributed by atoms with Crippen molar-refractivity contribution in [2.24, 2.45) is 17.8 Å². The molecule has 32 heavy (non-hydrogen) atoms. The molecule has 4 rings (SSSR count). The lowest BCUT2D eigenvalue weighted by Crippen LogP contribution is -2.42. The van der Waals surface area contributed by atoms with E-state index in [1.165, 1.54) is 13.2 Å². The van der Waals surface area contributed by atoms with Crippen LogP contribution in [-0.4, -0.2) is 70.7 Å². The summed E-state index contributed by atoms with van der Waals surface area (Å²) in [5.41, 5.74) is 1.35. The molecule has 1 aromatic carbocycles. The Bertz CT molecular complexity index is 978. The van der Waals surface area contributed by atoms with Crippen LogP contribution >= 0.6 is 0 Å². The van der Waals surface area contributed by atoms with E-state index in [0.717, 1.165) is 14.2 Å². The number of allylic oxidation sites excluding steroid dienone is 4. The second-order valence-electron chi connectivity index (χ2n) is 7.42. The molecule has 0 radical (unpaired) electrons. The Morgan fingerprint density at radius 3 is 2.22 bits per heavy atom. The third kappa shape index (κ3) is 3.94. The van der Waals surface area contributed by atoms with Gasteiger partial charge in [0.2, 0.25) is 0 Å². The first-order valence-electron chi connectivity index (χ1n) is 10.1. The molecule has 0 bridgehead atoms. The van der Waals surface area contributed by atoms with Crippen molar-refractivity contribution in [2.45, 2.75) is 19.3 Å². The average Bonchev–Trinajstić information content (AvgIpc) is 2.85. The van der Waals surface area contributed by atoms with Gasteiger partial charge in [-0.05, 0) is 36.5 Å². The summed E-state index contributed by atoms with van der Waals surface area (Å²) in [7, 11) is 3.41. The minimum absolute atomic E-state index is 0.135. The summed E-state index contributed by atoms with van der Waals surface area (Å²) in [5, 5.41) is 53.0. The maximum atomic E-state index is 13.2. The van der Waals surface area contributed by atoms with Crippen molar-refractivity contribution in [2.75, 3.05) is 27.9 Å². The molecule has 1 aromatic rings. The van der Waals surface area contributed by atoms with Gasteiger partial charge in [0.25, 0.3) is 0 Å². The highest BCUT2D eigenvalue weighted by Gasteiger charge is 2.51. The van der Waals surface area contributed by atoms with Gasteiger partial charge in [-0.25, -0.2) is 0 Å². The predicted molar refractivity (Wildman–Crippen MR) is 116 cm³/mol. The zero-order chi connectivity index (χ0) is 24.2. The zero-order valence-electron chi connectivity index (χ0n) is 18.3. The van der Waals surface area contributed by atoms with Gasteiger partial charge in [-0.3, -0.25) is 9.59 Å². The number of hydrogen-bond acceptors (Lipinski definition) is 9. The van der Waals surface area contributed by atoms with Gasteiger partial charge in [0.15, 0.2) is 11.6 Å². The summed E-state index contributed by atoms with van der Waals surface area (Å²) in [6.45, 7) is -0.375. The molecule has 3 aliphatic carbocycles. The molecule has 3 aliphatic rings. The molecule has 9 nitrogen and oxygen atoms in total. The summed E-state index contributed by atoms with van der Waals surface area (Å²) in [4.78, 5) is 26.3. The van der Waals surface area contributed by atoms with Gasteiger partial charge in [0.1, 0.15) is 17.3 Å². The fourth-order valence-corrected chi connectivity index (χ4v) is 4.64. The van der Waals surface area contributed by atoms with Gasteiger partial charge < -0.3 is 35.7 Å². The molecule has 1 saturated carbocycles. The third-order valence-corrected chi connectivity index (χ3v) is 6.08. The van der Waals surface area contributed by atoms with E-state index in [2.05, 4.69) is 0 Å². The van der Waals surface area contributed by atoms with Crippen molar-refractivity contribution < 1.29 is 39.9 Å². The van der Waals surface area contributed by atoms with E-state index in [1.807, 2.05) is 0 Å². The summed E-state index contributed by atoms with van der Waals surface area (Å²) in [6, 6.07) is 4.72. The Labute approximate surface area is 185 Å². The largest absolute Gasteiger partial charge is 0.511 e. The van der Waals surface area contributed by atoms with Crippen LogP contribution in [0.15, 0.2) is 40.9 Å². The number of aliphatic hydroxyl groups is 5. The topological polar surface area (TPSA) is 168 Å². The molecule has 9 heteroatoms. The van der Waals surface area contributed by atoms with Crippen LogP contribution in [0.4, 0.5) is 0 Å². The van der Waals surface area contributed by atoms with E-state index in [0.29, 0.717) is 24.0 Å². The molecule has 0 aliphatic heterocycles. The molecular weight excluding hydrogens is 418 g/mol. The molecule has 0 aromatic heterocycles. The van der Waals surface area contributed by atoms with E-state index in [9.17, 15) is 24.9 Å². The Morgan fingerprint density at radius 2 is 1.62 bits per heavy atom. The van der Waals surface area contributed by atoms with E-state index in [4.69, 9.17) is 20.4 Å². The first kappa shape index (κ1) is 25.3. The molecule has 3 unspecified atom stereocenters. The lowest BCUT2D eigenvalue weighted by Gasteiger charge is -2.39. The van der Waals surface area contributed by atoms with Crippen LogP contribution in [0.1, 0.15) is 40.0 Å². The Kier molecular flexibility index (Phi) is 8.31. The van der Waals surface area contributed by atoms with E-state index < -0.39 is 23.4 Å². The summed E-state index contributed by atoms with van der Waals surface area (Å²) in [5.74, 6) is -3.61. The number of carbonyl (C=O) groups is 2. The fourth-order valence-electron chi connectivity index (χ4n) is 4.64. The molecule has 3 atom stereocenters.